The van der Waals surface area contributed by atoms with Gasteiger partial charge >= 0.3 is 0 Å². The first-order chi connectivity index (χ1) is 14.8. The van der Waals surface area contributed by atoms with Crippen LogP contribution in [0.1, 0.15) is 28.1 Å². The van der Waals surface area contributed by atoms with E-state index in [2.05, 4.69) is 10.0 Å². The molecule has 7 nitrogen and oxygen atoms in total. The monoisotopic (exact) mass is 455 g/mol. The molecule has 0 bridgehead atoms. The van der Waals surface area contributed by atoms with Crippen molar-refractivity contribution in [2.75, 3.05) is 21.5 Å². The van der Waals surface area contributed by atoms with Crippen molar-refractivity contribution in [1.82, 2.24) is 0 Å². The third-order valence-corrected chi connectivity index (χ3v) is 7.38. The van der Waals surface area contributed by atoms with Gasteiger partial charge in [-0.05, 0) is 55.1 Å². The van der Waals surface area contributed by atoms with Gasteiger partial charge in [-0.2, -0.15) is 0 Å². The number of aryl methyl sites for hydroxylation is 1. The summed E-state index contributed by atoms with van der Waals surface area (Å²) in [4.78, 5) is 26.5. The third-order valence-electron chi connectivity index (χ3n) is 4.92. The second-order valence-corrected chi connectivity index (χ2v) is 9.81. The summed E-state index contributed by atoms with van der Waals surface area (Å²) in [6, 6.07) is 15.3. The number of sulfonamides is 1. The zero-order valence-electron chi connectivity index (χ0n) is 16.8. The highest BCUT2D eigenvalue weighted by Gasteiger charge is 2.25. The second-order valence-electron chi connectivity index (χ2n) is 7.24. The molecule has 0 saturated carbocycles. The number of nitrogens with one attached hydrogen (secondary N) is 2. The highest BCUT2D eigenvalue weighted by molar-refractivity contribution is 7.93. The van der Waals surface area contributed by atoms with E-state index in [-0.39, 0.29) is 15.7 Å². The Labute approximate surface area is 184 Å². The predicted molar refractivity (Wildman–Crippen MR) is 122 cm³/mol. The van der Waals surface area contributed by atoms with E-state index >= 15 is 0 Å². The van der Waals surface area contributed by atoms with Crippen molar-refractivity contribution in [3.63, 3.8) is 0 Å². The molecule has 1 aliphatic heterocycles. The molecule has 1 aromatic heterocycles. The molecule has 31 heavy (non-hydrogen) atoms. The van der Waals surface area contributed by atoms with Gasteiger partial charge in [-0.25, -0.2) is 8.42 Å². The Morgan fingerprint density at radius 2 is 1.84 bits per heavy atom. The van der Waals surface area contributed by atoms with Crippen LogP contribution >= 0.6 is 11.3 Å². The van der Waals surface area contributed by atoms with Crippen molar-refractivity contribution < 1.29 is 18.0 Å². The van der Waals surface area contributed by atoms with Crippen molar-refractivity contribution in [3.8, 4) is 0 Å². The fourth-order valence-corrected chi connectivity index (χ4v) is 5.75. The minimum Gasteiger partial charge on any atom is -0.321 e. The zero-order valence-corrected chi connectivity index (χ0v) is 18.4. The lowest BCUT2D eigenvalue weighted by atomic mass is 10.2. The molecular formula is C22H21N3O4S2. The number of hydrogen-bond donors (Lipinski definition) is 2. The predicted octanol–water partition coefficient (Wildman–Crippen LogP) is 4.24. The normalized spacial score (nSPS) is 14.0. The Balaban J connectivity index is 1.54. The molecule has 3 aromatic rings. The lowest BCUT2D eigenvalue weighted by molar-refractivity contribution is -0.117. The van der Waals surface area contributed by atoms with Crippen LogP contribution < -0.4 is 14.9 Å². The van der Waals surface area contributed by atoms with Gasteiger partial charge in [0.1, 0.15) is 9.77 Å². The van der Waals surface area contributed by atoms with Gasteiger partial charge in [-0.3, -0.25) is 14.3 Å². The maximum Gasteiger partial charge on any atom is 0.267 e. The fraction of sp³-hybridized carbons (Fsp3) is 0.182. The molecule has 4 rings (SSSR count). The number of rotatable bonds is 6. The Morgan fingerprint density at radius 1 is 1.06 bits per heavy atom. The molecule has 1 saturated heterocycles. The lowest BCUT2D eigenvalue weighted by Crippen LogP contribution is -2.23. The summed E-state index contributed by atoms with van der Waals surface area (Å²) in [6.07, 6.45) is 1.32. The lowest BCUT2D eigenvalue weighted by Gasteiger charge is -2.16. The van der Waals surface area contributed by atoms with E-state index in [0.29, 0.717) is 30.0 Å². The van der Waals surface area contributed by atoms with E-state index in [1.807, 2.05) is 13.0 Å². The average molecular weight is 456 g/mol. The van der Waals surface area contributed by atoms with Gasteiger partial charge < -0.3 is 10.2 Å². The first kappa shape index (κ1) is 21.1. The molecule has 1 fully saturated rings. The van der Waals surface area contributed by atoms with Crippen LogP contribution in [0, 0.1) is 6.92 Å². The van der Waals surface area contributed by atoms with Crippen LogP contribution in [-0.2, 0) is 14.8 Å². The summed E-state index contributed by atoms with van der Waals surface area (Å²) in [5.74, 6) is -0.471. The number of hydrogen-bond acceptors (Lipinski definition) is 5. The maximum atomic E-state index is 12.9. The summed E-state index contributed by atoms with van der Waals surface area (Å²) in [6.45, 7) is 2.56. The van der Waals surface area contributed by atoms with Crippen LogP contribution in [0.5, 0.6) is 0 Å². The van der Waals surface area contributed by atoms with Gasteiger partial charge in [0.2, 0.25) is 5.91 Å². The number of anilines is 3. The Hall–Kier alpha value is -3.17. The van der Waals surface area contributed by atoms with E-state index in [9.17, 15) is 18.0 Å². The summed E-state index contributed by atoms with van der Waals surface area (Å²) >= 11 is 1.05. The van der Waals surface area contributed by atoms with Crippen LogP contribution in [0.15, 0.2) is 64.9 Å². The molecular weight excluding hydrogens is 434 g/mol. The quantitative estimate of drug-likeness (QED) is 0.581. The van der Waals surface area contributed by atoms with Crippen LogP contribution in [0.25, 0.3) is 0 Å². The van der Waals surface area contributed by atoms with Crippen LogP contribution in [0.2, 0.25) is 0 Å². The van der Waals surface area contributed by atoms with Crippen molar-refractivity contribution in [1.29, 1.82) is 0 Å². The van der Waals surface area contributed by atoms with Gasteiger partial charge in [-0.15, -0.1) is 11.3 Å². The maximum absolute atomic E-state index is 12.9. The largest absolute Gasteiger partial charge is 0.321 e. The number of nitrogens with zero attached hydrogens (tertiary/aromatic N) is 1. The molecule has 0 unspecified atom stereocenters. The molecule has 0 atom stereocenters. The van der Waals surface area contributed by atoms with Crippen LogP contribution in [0.3, 0.4) is 0 Å². The van der Waals surface area contributed by atoms with E-state index in [1.165, 1.54) is 6.07 Å². The second kappa shape index (κ2) is 8.52. The van der Waals surface area contributed by atoms with E-state index in [4.69, 9.17) is 0 Å². The number of thiophene rings is 1. The molecule has 160 valence electrons. The molecule has 1 aliphatic rings. The summed E-state index contributed by atoms with van der Waals surface area (Å²) in [5, 5.41) is 4.32. The molecule has 0 radical (unpaired) electrons. The van der Waals surface area contributed by atoms with Crippen molar-refractivity contribution in [2.24, 2.45) is 0 Å². The SMILES string of the molecule is Cc1ccc(NS(=O)(=O)c2ccsc2C(=O)Nc2cccc(N3CCCC3=O)c2)cc1. The van der Waals surface area contributed by atoms with E-state index in [0.717, 1.165) is 23.3 Å². The Morgan fingerprint density at radius 3 is 2.55 bits per heavy atom. The number of amides is 2. The molecule has 2 heterocycles. The molecule has 0 aliphatic carbocycles. The standard InChI is InChI=1S/C22H21N3O4S2/c1-15-7-9-16(10-8-15)24-31(28,29)19-11-13-30-21(19)22(27)23-17-4-2-5-18(14-17)25-12-3-6-20(25)26/h2,4-5,7-11,13-14,24H,3,6,12H2,1H3,(H,23,27). The van der Waals surface area contributed by atoms with Gasteiger partial charge in [-0.1, -0.05) is 23.8 Å². The number of carbonyl (C=O) groups is 2. The highest BCUT2D eigenvalue weighted by Crippen LogP contribution is 2.28. The Kier molecular flexibility index (Phi) is 5.79. The summed E-state index contributed by atoms with van der Waals surface area (Å²) in [7, 11) is -3.93. The molecule has 2 N–H and O–H groups in total. The van der Waals surface area contributed by atoms with Crippen molar-refractivity contribution >= 4 is 50.2 Å². The highest BCUT2D eigenvalue weighted by atomic mass is 32.2. The minimum atomic E-state index is -3.93. The zero-order chi connectivity index (χ0) is 22.0. The first-order valence-electron chi connectivity index (χ1n) is 9.72. The van der Waals surface area contributed by atoms with Gasteiger partial charge in [0.15, 0.2) is 0 Å². The van der Waals surface area contributed by atoms with E-state index in [1.54, 1.807) is 52.7 Å². The van der Waals surface area contributed by atoms with Gasteiger partial charge in [0, 0.05) is 30.0 Å². The minimum absolute atomic E-state index is 0.0530. The van der Waals surface area contributed by atoms with Gasteiger partial charge in [0.05, 0.1) is 0 Å². The summed E-state index contributed by atoms with van der Waals surface area (Å²) in [5.41, 5.74) is 2.63. The fourth-order valence-electron chi connectivity index (χ4n) is 3.37. The molecule has 2 aromatic carbocycles. The number of carbonyl (C=O) groups excluding carboxylic acids is 2. The van der Waals surface area contributed by atoms with E-state index < -0.39 is 15.9 Å². The smallest absolute Gasteiger partial charge is 0.267 e. The molecule has 9 heteroatoms. The van der Waals surface area contributed by atoms with Crippen LogP contribution in [0.4, 0.5) is 17.1 Å². The molecule has 0 spiro atoms. The molecule has 2 amide bonds. The van der Waals surface area contributed by atoms with Crippen LogP contribution in [-0.4, -0.2) is 26.8 Å². The number of benzene rings is 2. The third kappa shape index (κ3) is 4.62. The first-order valence-corrected chi connectivity index (χ1v) is 12.1. The van der Waals surface area contributed by atoms with Crippen molar-refractivity contribution in [2.45, 2.75) is 24.7 Å². The topological polar surface area (TPSA) is 95.6 Å². The van der Waals surface area contributed by atoms with Crippen molar-refractivity contribution in [3.05, 3.63) is 70.4 Å². The average Bonchev–Trinajstić information content (AvgIpc) is 3.39. The van der Waals surface area contributed by atoms with Gasteiger partial charge in [0.25, 0.3) is 15.9 Å². The summed E-state index contributed by atoms with van der Waals surface area (Å²) < 4.78 is 28.2. The Bertz CT molecular complexity index is 1230.